The molecule has 0 saturated carbocycles. The van der Waals surface area contributed by atoms with Crippen LogP contribution in [0.2, 0.25) is 0 Å². The zero-order valence-corrected chi connectivity index (χ0v) is 17.1. The molecule has 3 rings (SSSR count). The van der Waals surface area contributed by atoms with Crippen molar-refractivity contribution in [2.75, 3.05) is 37.4 Å². The van der Waals surface area contributed by atoms with Crippen molar-refractivity contribution in [3.63, 3.8) is 0 Å². The van der Waals surface area contributed by atoms with Crippen LogP contribution in [0.25, 0.3) is 0 Å². The van der Waals surface area contributed by atoms with Crippen molar-refractivity contribution in [2.24, 2.45) is 0 Å². The molecule has 2 aromatic rings. The van der Waals surface area contributed by atoms with Gasteiger partial charge in [0.05, 0.1) is 13.2 Å². The molecule has 10 heteroatoms. The number of carbonyl (C=O) groups excluding carboxylic acids is 1. The number of thioether (sulfide) groups is 1. The number of nitrogens with one attached hydrogen (secondary N) is 1. The highest BCUT2D eigenvalue weighted by Crippen LogP contribution is 2.25. The second-order valence-electron chi connectivity index (χ2n) is 6.24. The van der Waals surface area contributed by atoms with Gasteiger partial charge >= 0.3 is 0 Å². The molecule has 156 valence electrons. The Morgan fingerprint density at radius 1 is 1.10 bits per heavy atom. The fourth-order valence-electron chi connectivity index (χ4n) is 2.74. The topological polar surface area (TPSA) is 75.7 Å². The minimum absolute atomic E-state index is 0.0852. The van der Waals surface area contributed by atoms with Crippen LogP contribution in [0, 0.1) is 11.6 Å². The minimum atomic E-state index is -4.03. The first-order valence-electron chi connectivity index (χ1n) is 8.92. The summed E-state index contributed by atoms with van der Waals surface area (Å²) >= 11 is 1.20. The van der Waals surface area contributed by atoms with E-state index in [2.05, 4.69) is 5.32 Å². The Kier molecular flexibility index (Phi) is 7.23. The van der Waals surface area contributed by atoms with Gasteiger partial charge in [0.1, 0.15) is 16.5 Å². The van der Waals surface area contributed by atoms with Crippen molar-refractivity contribution in [1.82, 2.24) is 4.31 Å². The van der Waals surface area contributed by atoms with Crippen LogP contribution in [0.4, 0.5) is 14.5 Å². The van der Waals surface area contributed by atoms with E-state index in [0.29, 0.717) is 10.6 Å². The number of rotatable bonds is 7. The average molecular weight is 443 g/mol. The highest BCUT2D eigenvalue weighted by molar-refractivity contribution is 7.99. The zero-order chi connectivity index (χ0) is 20.9. The van der Waals surface area contributed by atoms with Gasteiger partial charge in [-0.15, -0.1) is 11.8 Å². The van der Waals surface area contributed by atoms with Crippen molar-refractivity contribution in [2.45, 2.75) is 16.2 Å². The fraction of sp³-hybridized carbons (Fsp3) is 0.316. The van der Waals surface area contributed by atoms with Crippen molar-refractivity contribution in [3.05, 3.63) is 54.1 Å². The summed E-state index contributed by atoms with van der Waals surface area (Å²) in [7, 11) is -4.03. The summed E-state index contributed by atoms with van der Waals surface area (Å²) in [6, 6.07) is 9.69. The number of carbonyl (C=O) groups is 1. The van der Waals surface area contributed by atoms with Crippen LogP contribution in [0.15, 0.2) is 52.3 Å². The van der Waals surface area contributed by atoms with Gasteiger partial charge in [0.2, 0.25) is 15.9 Å². The van der Waals surface area contributed by atoms with E-state index < -0.39 is 20.7 Å². The van der Waals surface area contributed by atoms with Crippen LogP contribution in [-0.4, -0.2) is 50.7 Å². The monoisotopic (exact) mass is 442 g/mol. The largest absolute Gasteiger partial charge is 0.379 e. The summed E-state index contributed by atoms with van der Waals surface area (Å²) < 4.78 is 59.4. The number of ether oxygens (including phenoxy) is 1. The lowest BCUT2D eigenvalue weighted by molar-refractivity contribution is -0.115. The third-order valence-corrected chi connectivity index (χ3v) is 7.19. The first kappa shape index (κ1) is 21.7. The molecule has 1 saturated heterocycles. The predicted molar refractivity (Wildman–Crippen MR) is 106 cm³/mol. The number of halogens is 2. The molecule has 0 spiro atoms. The highest BCUT2D eigenvalue weighted by atomic mass is 32.2. The van der Waals surface area contributed by atoms with Gasteiger partial charge < -0.3 is 10.1 Å². The van der Waals surface area contributed by atoms with Gasteiger partial charge in [-0.05, 0) is 30.3 Å². The first-order chi connectivity index (χ1) is 13.9. The molecule has 0 aromatic heterocycles. The molecule has 0 atom stereocenters. The van der Waals surface area contributed by atoms with Gasteiger partial charge in [0, 0.05) is 35.8 Å². The Labute approximate surface area is 172 Å². The molecule has 1 fully saturated rings. The molecule has 1 N–H and O–H groups in total. The Morgan fingerprint density at radius 3 is 2.55 bits per heavy atom. The second-order valence-corrected chi connectivity index (χ2v) is 9.28. The Hall–Kier alpha value is -2.01. The van der Waals surface area contributed by atoms with E-state index in [9.17, 15) is 22.0 Å². The number of hydrogen-bond acceptors (Lipinski definition) is 5. The summed E-state index contributed by atoms with van der Waals surface area (Å²) in [5, 5.41) is 2.57. The summed E-state index contributed by atoms with van der Waals surface area (Å²) in [6.07, 6.45) is 0.0852. The molecule has 6 nitrogen and oxygen atoms in total. The van der Waals surface area contributed by atoms with Gasteiger partial charge in [-0.3, -0.25) is 4.79 Å². The van der Waals surface area contributed by atoms with Gasteiger partial charge in [-0.1, -0.05) is 12.1 Å². The number of anilines is 1. The molecule has 0 bridgehead atoms. The summed E-state index contributed by atoms with van der Waals surface area (Å²) in [5.74, 6) is -1.28. The molecule has 0 radical (unpaired) electrons. The van der Waals surface area contributed by atoms with Crippen LogP contribution in [0.5, 0.6) is 0 Å². The highest BCUT2D eigenvalue weighted by Gasteiger charge is 2.29. The minimum Gasteiger partial charge on any atom is -0.379 e. The van der Waals surface area contributed by atoms with Crippen LogP contribution < -0.4 is 5.32 Å². The maximum absolute atomic E-state index is 14.2. The summed E-state index contributed by atoms with van der Waals surface area (Å²) in [5.41, 5.74) is 0.180. The normalized spacial score (nSPS) is 15.2. The molecule has 1 aliphatic rings. The van der Waals surface area contributed by atoms with Crippen LogP contribution in [-0.2, 0) is 19.6 Å². The van der Waals surface area contributed by atoms with E-state index in [1.54, 1.807) is 18.2 Å². The van der Waals surface area contributed by atoms with Crippen molar-refractivity contribution in [1.29, 1.82) is 0 Å². The summed E-state index contributed by atoms with van der Waals surface area (Å²) in [6.45, 7) is 0.783. The third-order valence-electron chi connectivity index (χ3n) is 4.23. The average Bonchev–Trinajstić information content (AvgIpc) is 2.71. The van der Waals surface area contributed by atoms with Crippen LogP contribution in [0.3, 0.4) is 0 Å². The van der Waals surface area contributed by atoms with Crippen molar-refractivity contribution >= 4 is 33.4 Å². The van der Waals surface area contributed by atoms with E-state index in [4.69, 9.17) is 4.74 Å². The number of amides is 1. The van der Waals surface area contributed by atoms with E-state index in [1.165, 1.54) is 23.9 Å². The standard InChI is InChI=1S/C19H20F2N2O4S2/c20-15-3-1-2-4-17(15)28-12-7-19(24)22-14-5-6-16(21)18(13-14)29(25,26)23-8-10-27-11-9-23/h1-6,13H,7-12H2,(H,22,24). The Balaban J connectivity index is 1.63. The van der Waals surface area contributed by atoms with E-state index in [0.717, 1.165) is 16.4 Å². The number of benzene rings is 2. The predicted octanol–water partition coefficient (Wildman–Crippen LogP) is 3.11. The van der Waals surface area contributed by atoms with E-state index in [1.807, 2.05) is 0 Å². The number of morpholine rings is 1. The molecule has 0 unspecified atom stereocenters. The molecule has 29 heavy (non-hydrogen) atoms. The van der Waals surface area contributed by atoms with Crippen molar-refractivity contribution < 1.29 is 26.7 Å². The number of hydrogen-bond donors (Lipinski definition) is 1. The molecular formula is C19H20F2N2O4S2. The van der Waals surface area contributed by atoms with Crippen LogP contribution >= 0.6 is 11.8 Å². The molecule has 2 aromatic carbocycles. The Morgan fingerprint density at radius 2 is 1.83 bits per heavy atom. The lowest BCUT2D eigenvalue weighted by Gasteiger charge is -2.26. The summed E-state index contributed by atoms with van der Waals surface area (Å²) in [4.78, 5) is 12.1. The maximum Gasteiger partial charge on any atom is 0.246 e. The van der Waals surface area contributed by atoms with E-state index in [-0.39, 0.29) is 50.1 Å². The first-order valence-corrected chi connectivity index (χ1v) is 11.3. The van der Waals surface area contributed by atoms with Gasteiger partial charge in [-0.25, -0.2) is 17.2 Å². The second kappa shape index (κ2) is 9.66. The molecule has 1 heterocycles. The Bertz CT molecular complexity index is 980. The van der Waals surface area contributed by atoms with E-state index >= 15 is 0 Å². The molecule has 1 amide bonds. The lowest BCUT2D eigenvalue weighted by atomic mass is 10.3. The number of sulfonamides is 1. The zero-order valence-electron chi connectivity index (χ0n) is 15.4. The number of nitrogens with zero attached hydrogens (tertiary/aromatic N) is 1. The lowest BCUT2D eigenvalue weighted by Crippen LogP contribution is -2.40. The molecule has 0 aliphatic carbocycles. The van der Waals surface area contributed by atoms with Crippen molar-refractivity contribution in [3.8, 4) is 0 Å². The quantitative estimate of drug-likeness (QED) is 0.667. The van der Waals surface area contributed by atoms with Gasteiger partial charge in [0.25, 0.3) is 0 Å². The fourth-order valence-corrected chi connectivity index (χ4v) is 5.13. The van der Waals surface area contributed by atoms with Crippen LogP contribution in [0.1, 0.15) is 6.42 Å². The molecule has 1 aliphatic heterocycles. The smallest absolute Gasteiger partial charge is 0.246 e. The molecular weight excluding hydrogens is 422 g/mol. The van der Waals surface area contributed by atoms with Gasteiger partial charge in [-0.2, -0.15) is 4.31 Å². The third kappa shape index (κ3) is 5.53. The maximum atomic E-state index is 14.2. The van der Waals surface area contributed by atoms with Gasteiger partial charge in [0.15, 0.2) is 0 Å². The SMILES string of the molecule is O=C(CCSc1ccccc1F)Nc1ccc(F)c(S(=O)(=O)N2CCOCC2)c1.